The Morgan fingerprint density at radius 3 is 2.41 bits per heavy atom. The van der Waals surface area contributed by atoms with Gasteiger partial charge in [0.15, 0.2) is 0 Å². The zero-order valence-corrected chi connectivity index (χ0v) is 15.9. The van der Waals surface area contributed by atoms with Gasteiger partial charge < -0.3 is 14.8 Å². The second-order valence-electron chi connectivity index (χ2n) is 6.46. The number of benzene rings is 2. The van der Waals surface area contributed by atoms with Crippen LogP contribution in [0.4, 0.5) is 5.69 Å². The van der Waals surface area contributed by atoms with E-state index in [1.54, 1.807) is 26.4 Å². The number of anilines is 1. The first-order valence-electron chi connectivity index (χ1n) is 8.71. The molecule has 3 rings (SSSR count). The number of aromatic nitrogens is 2. The summed E-state index contributed by atoms with van der Waals surface area (Å²) < 4.78 is 10.6. The summed E-state index contributed by atoms with van der Waals surface area (Å²) in [6, 6.07) is 15.0. The Morgan fingerprint density at radius 1 is 1.04 bits per heavy atom. The first-order valence-corrected chi connectivity index (χ1v) is 8.71. The van der Waals surface area contributed by atoms with Gasteiger partial charge in [0.1, 0.15) is 17.2 Å². The van der Waals surface area contributed by atoms with Crippen molar-refractivity contribution in [1.29, 1.82) is 0 Å². The maximum Gasteiger partial charge on any atom is 0.273 e. The third kappa shape index (κ3) is 4.11. The number of ether oxygens (including phenoxy) is 2. The number of carbonyl (C=O) groups excluding carboxylic acids is 1. The Bertz CT molecular complexity index is 930. The molecule has 1 heterocycles. The van der Waals surface area contributed by atoms with Crippen LogP contribution in [0.3, 0.4) is 0 Å². The van der Waals surface area contributed by atoms with Gasteiger partial charge >= 0.3 is 0 Å². The van der Waals surface area contributed by atoms with Crippen LogP contribution in [0.2, 0.25) is 0 Å². The molecule has 6 nitrogen and oxygen atoms in total. The van der Waals surface area contributed by atoms with E-state index in [-0.39, 0.29) is 5.91 Å². The molecule has 27 heavy (non-hydrogen) atoms. The highest BCUT2D eigenvalue weighted by Crippen LogP contribution is 2.32. The number of methoxy groups -OCH3 is 2. The molecule has 6 heteroatoms. The topological polar surface area (TPSA) is 76.2 Å². The van der Waals surface area contributed by atoms with Crippen LogP contribution in [0.15, 0.2) is 48.5 Å². The fourth-order valence-electron chi connectivity index (χ4n) is 2.74. The Morgan fingerprint density at radius 2 is 1.78 bits per heavy atom. The van der Waals surface area contributed by atoms with Crippen molar-refractivity contribution in [2.75, 3.05) is 19.5 Å². The Hall–Kier alpha value is -3.28. The van der Waals surface area contributed by atoms with E-state index >= 15 is 0 Å². The van der Waals surface area contributed by atoms with Crippen molar-refractivity contribution in [3.05, 3.63) is 59.8 Å². The number of rotatable bonds is 6. The average Bonchev–Trinajstić information content (AvgIpc) is 3.18. The van der Waals surface area contributed by atoms with Crippen LogP contribution < -0.4 is 14.8 Å². The Labute approximate surface area is 158 Å². The lowest BCUT2D eigenvalue weighted by Gasteiger charge is -2.08. The fourth-order valence-corrected chi connectivity index (χ4v) is 2.74. The lowest BCUT2D eigenvalue weighted by Crippen LogP contribution is -2.12. The van der Waals surface area contributed by atoms with E-state index in [2.05, 4.69) is 29.4 Å². The molecule has 0 aliphatic heterocycles. The van der Waals surface area contributed by atoms with Crippen LogP contribution >= 0.6 is 0 Å². The van der Waals surface area contributed by atoms with Gasteiger partial charge in [-0.3, -0.25) is 9.89 Å². The predicted octanol–water partition coefficient (Wildman–Crippen LogP) is 4.47. The van der Waals surface area contributed by atoms with Gasteiger partial charge in [-0.15, -0.1) is 0 Å². The van der Waals surface area contributed by atoms with Crippen LogP contribution in [0.5, 0.6) is 11.5 Å². The molecule has 0 spiro atoms. The summed E-state index contributed by atoms with van der Waals surface area (Å²) in [5.74, 6) is 1.51. The second-order valence-corrected chi connectivity index (χ2v) is 6.46. The van der Waals surface area contributed by atoms with Gasteiger partial charge in [0.2, 0.25) is 0 Å². The van der Waals surface area contributed by atoms with Gasteiger partial charge in [-0.25, -0.2) is 0 Å². The molecule has 0 unspecified atom stereocenters. The largest absolute Gasteiger partial charge is 0.497 e. The van der Waals surface area contributed by atoms with E-state index < -0.39 is 0 Å². The normalized spacial score (nSPS) is 10.7. The van der Waals surface area contributed by atoms with Gasteiger partial charge in [0.05, 0.1) is 19.9 Å². The summed E-state index contributed by atoms with van der Waals surface area (Å²) in [7, 11) is 3.18. The Kier molecular flexibility index (Phi) is 5.45. The minimum Gasteiger partial charge on any atom is -0.497 e. The highest BCUT2D eigenvalue weighted by atomic mass is 16.5. The molecule has 2 aromatic carbocycles. The van der Waals surface area contributed by atoms with Crippen LogP contribution in [0.25, 0.3) is 11.3 Å². The van der Waals surface area contributed by atoms with E-state index in [1.807, 2.05) is 36.4 Å². The van der Waals surface area contributed by atoms with Gasteiger partial charge in [-0.05, 0) is 41.8 Å². The summed E-state index contributed by atoms with van der Waals surface area (Å²) in [6.45, 7) is 4.26. The van der Waals surface area contributed by atoms with E-state index in [1.165, 1.54) is 5.56 Å². The first-order chi connectivity index (χ1) is 13.0. The summed E-state index contributed by atoms with van der Waals surface area (Å²) >= 11 is 0. The fraction of sp³-hybridized carbons (Fsp3) is 0.238. The lowest BCUT2D eigenvalue weighted by molar-refractivity contribution is 0.102. The number of nitrogens with zero attached hydrogens (tertiary/aromatic N) is 1. The summed E-state index contributed by atoms with van der Waals surface area (Å²) in [4.78, 5) is 12.5. The Balaban J connectivity index is 1.78. The highest BCUT2D eigenvalue weighted by molar-refractivity contribution is 6.03. The molecule has 0 aliphatic carbocycles. The molecular weight excluding hydrogens is 342 g/mol. The second kappa shape index (κ2) is 7.95. The van der Waals surface area contributed by atoms with Crippen molar-refractivity contribution >= 4 is 11.6 Å². The maximum atomic E-state index is 12.5. The average molecular weight is 365 g/mol. The van der Waals surface area contributed by atoms with Crippen molar-refractivity contribution in [2.24, 2.45) is 0 Å². The van der Waals surface area contributed by atoms with Crippen LogP contribution in [0, 0.1) is 0 Å². The molecule has 0 radical (unpaired) electrons. The zero-order chi connectivity index (χ0) is 19.4. The van der Waals surface area contributed by atoms with E-state index in [4.69, 9.17) is 9.47 Å². The molecule has 0 saturated carbocycles. The third-order valence-electron chi connectivity index (χ3n) is 4.34. The molecule has 2 N–H and O–H groups in total. The van der Waals surface area contributed by atoms with Crippen LogP contribution in [-0.2, 0) is 0 Å². The molecule has 0 saturated heterocycles. The summed E-state index contributed by atoms with van der Waals surface area (Å²) in [6.07, 6.45) is 0. The van der Waals surface area contributed by atoms with Crippen molar-refractivity contribution in [2.45, 2.75) is 19.8 Å². The number of nitrogens with one attached hydrogen (secondary N) is 2. The standard InChI is InChI=1S/C21H23N3O3/c1-13(2)14-5-7-15(8-6-14)22-21(25)19-12-18(23-24-19)17-10-9-16(26-3)11-20(17)27-4/h5-13H,1-4H3,(H,22,25)(H,23,24). The molecular formula is C21H23N3O3. The van der Waals surface area contributed by atoms with E-state index in [9.17, 15) is 4.79 Å². The number of H-pyrrole nitrogens is 1. The van der Waals surface area contributed by atoms with E-state index in [0.717, 1.165) is 11.3 Å². The van der Waals surface area contributed by atoms with Gasteiger partial charge in [0.25, 0.3) is 5.91 Å². The zero-order valence-electron chi connectivity index (χ0n) is 15.9. The number of aromatic amines is 1. The minimum atomic E-state index is -0.251. The monoisotopic (exact) mass is 365 g/mol. The van der Waals surface area contributed by atoms with Gasteiger partial charge in [0, 0.05) is 17.3 Å². The molecule has 3 aromatic rings. The van der Waals surface area contributed by atoms with E-state index in [0.29, 0.717) is 28.8 Å². The van der Waals surface area contributed by atoms with Crippen LogP contribution in [-0.4, -0.2) is 30.3 Å². The molecule has 0 aliphatic rings. The predicted molar refractivity (Wildman–Crippen MR) is 106 cm³/mol. The number of hydrogen-bond donors (Lipinski definition) is 2. The SMILES string of the molecule is COc1ccc(-c2cc(C(=O)Nc3ccc(C(C)C)cc3)[nH]n2)c(OC)c1. The highest BCUT2D eigenvalue weighted by Gasteiger charge is 2.15. The number of carbonyl (C=O) groups is 1. The molecule has 0 bridgehead atoms. The smallest absolute Gasteiger partial charge is 0.273 e. The van der Waals surface area contributed by atoms with Crippen LogP contribution in [0.1, 0.15) is 35.8 Å². The first kappa shape index (κ1) is 18.5. The number of hydrogen-bond acceptors (Lipinski definition) is 4. The number of amides is 1. The van der Waals surface area contributed by atoms with Gasteiger partial charge in [-0.1, -0.05) is 26.0 Å². The van der Waals surface area contributed by atoms with Crippen molar-refractivity contribution < 1.29 is 14.3 Å². The maximum absolute atomic E-state index is 12.5. The van der Waals surface area contributed by atoms with Gasteiger partial charge in [-0.2, -0.15) is 5.10 Å². The lowest BCUT2D eigenvalue weighted by atomic mass is 10.0. The third-order valence-corrected chi connectivity index (χ3v) is 4.34. The summed E-state index contributed by atoms with van der Waals surface area (Å²) in [5.41, 5.74) is 3.73. The molecule has 0 fully saturated rings. The molecule has 140 valence electrons. The van der Waals surface area contributed by atoms with Crippen molar-refractivity contribution in [3.63, 3.8) is 0 Å². The van der Waals surface area contributed by atoms with Crippen molar-refractivity contribution in [3.8, 4) is 22.8 Å². The minimum absolute atomic E-state index is 0.251. The molecule has 1 aromatic heterocycles. The molecule has 0 atom stereocenters. The quantitative estimate of drug-likeness (QED) is 0.676. The summed E-state index contributed by atoms with van der Waals surface area (Å²) in [5, 5.41) is 9.90. The van der Waals surface area contributed by atoms with Crippen molar-refractivity contribution in [1.82, 2.24) is 10.2 Å². The molecule has 1 amide bonds.